The zero-order valence-corrected chi connectivity index (χ0v) is 17.1. The van der Waals surface area contributed by atoms with Crippen molar-refractivity contribution in [3.05, 3.63) is 82.1 Å². The van der Waals surface area contributed by atoms with Crippen molar-refractivity contribution in [1.82, 2.24) is 30.6 Å². The molecule has 31 heavy (non-hydrogen) atoms. The number of benzene rings is 2. The van der Waals surface area contributed by atoms with Crippen LogP contribution < -0.4 is 10.6 Å². The molecule has 9 heteroatoms. The fourth-order valence-corrected chi connectivity index (χ4v) is 4.10. The van der Waals surface area contributed by atoms with Gasteiger partial charge in [-0.25, -0.2) is 9.97 Å². The number of nitrogens with zero attached hydrogens (tertiary/aromatic N) is 2. The molecule has 0 aliphatic heterocycles. The van der Waals surface area contributed by atoms with E-state index in [4.69, 9.17) is 0 Å². The predicted octanol–water partition coefficient (Wildman–Crippen LogP) is 3.36. The molecule has 0 spiro atoms. The van der Waals surface area contributed by atoms with E-state index in [1.807, 2.05) is 48.5 Å². The van der Waals surface area contributed by atoms with Crippen LogP contribution in [0, 0.1) is 0 Å². The number of imidazole rings is 2. The van der Waals surface area contributed by atoms with Crippen molar-refractivity contribution >= 4 is 45.2 Å². The molecule has 154 valence electrons. The molecule has 2 amide bonds. The van der Waals surface area contributed by atoms with Crippen LogP contribution in [-0.2, 0) is 13.1 Å². The largest absolute Gasteiger partial charge is 0.344 e. The maximum absolute atomic E-state index is 12.5. The first-order valence-electron chi connectivity index (χ1n) is 9.69. The monoisotopic (exact) mass is 430 g/mol. The minimum atomic E-state index is -0.248. The number of para-hydroxylation sites is 4. The molecule has 0 atom stereocenters. The molecular weight excluding hydrogens is 412 g/mol. The van der Waals surface area contributed by atoms with Gasteiger partial charge in [0, 0.05) is 0 Å². The number of thiophene rings is 1. The minimum Gasteiger partial charge on any atom is -0.344 e. The van der Waals surface area contributed by atoms with Gasteiger partial charge in [-0.15, -0.1) is 11.3 Å². The standard InChI is InChI=1S/C22H18N6O2S/c29-21(23-11-19-25-13-5-1-2-6-14(13)26-19)17-9-10-18(31-17)22(30)24-12-20-27-15-7-3-4-8-16(15)28-20/h1-10H,11-12H2,(H,23,29)(H,24,30)(H,25,26)(H,27,28). The smallest absolute Gasteiger partial charge is 0.261 e. The van der Waals surface area contributed by atoms with E-state index >= 15 is 0 Å². The number of rotatable bonds is 6. The molecule has 0 bridgehead atoms. The minimum absolute atomic E-state index is 0.248. The third-order valence-corrected chi connectivity index (χ3v) is 5.85. The summed E-state index contributed by atoms with van der Waals surface area (Å²) in [5.41, 5.74) is 3.55. The highest BCUT2D eigenvalue weighted by Crippen LogP contribution is 2.17. The number of amides is 2. The topological polar surface area (TPSA) is 116 Å². The van der Waals surface area contributed by atoms with Gasteiger partial charge in [0.25, 0.3) is 11.8 Å². The third-order valence-electron chi connectivity index (χ3n) is 4.76. The van der Waals surface area contributed by atoms with Crippen LogP contribution in [0.15, 0.2) is 60.7 Å². The lowest BCUT2D eigenvalue weighted by molar-refractivity contribution is 0.0947. The zero-order chi connectivity index (χ0) is 21.2. The summed E-state index contributed by atoms with van der Waals surface area (Å²) in [7, 11) is 0. The van der Waals surface area contributed by atoms with Crippen LogP contribution in [0.4, 0.5) is 0 Å². The number of carbonyl (C=O) groups is 2. The summed E-state index contributed by atoms with van der Waals surface area (Å²) in [5, 5.41) is 5.66. The van der Waals surface area contributed by atoms with Crippen molar-refractivity contribution in [2.45, 2.75) is 13.1 Å². The molecule has 0 saturated heterocycles. The number of nitrogens with one attached hydrogen (secondary N) is 4. The van der Waals surface area contributed by atoms with Gasteiger partial charge in [0.1, 0.15) is 11.6 Å². The van der Waals surface area contributed by atoms with Gasteiger partial charge in [-0.1, -0.05) is 24.3 Å². The molecule has 0 saturated carbocycles. The summed E-state index contributed by atoms with van der Waals surface area (Å²) in [4.78, 5) is 41.1. The molecule has 0 aliphatic rings. The van der Waals surface area contributed by atoms with E-state index in [0.29, 0.717) is 21.4 Å². The highest BCUT2D eigenvalue weighted by molar-refractivity contribution is 7.15. The van der Waals surface area contributed by atoms with Crippen molar-refractivity contribution in [2.24, 2.45) is 0 Å². The molecule has 8 nitrogen and oxygen atoms in total. The van der Waals surface area contributed by atoms with Gasteiger partial charge in [-0.05, 0) is 36.4 Å². The van der Waals surface area contributed by atoms with E-state index in [-0.39, 0.29) is 24.9 Å². The van der Waals surface area contributed by atoms with E-state index in [1.165, 1.54) is 0 Å². The Morgan fingerprint density at radius 3 is 1.61 bits per heavy atom. The van der Waals surface area contributed by atoms with Gasteiger partial charge >= 0.3 is 0 Å². The van der Waals surface area contributed by atoms with Gasteiger partial charge in [0.2, 0.25) is 0 Å². The maximum atomic E-state index is 12.5. The first kappa shape index (κ1) is 19.0. The van der Waals surface area contributed by atoms with Crippen molar-refractivity contribution in [2.75, 3.05) is 0 Å². The first-order valence-corrected chi connectivity index (χ1v) is 10.5. The summed E-state index contributed by atoms with van der Waals surface area (Å²) >= 11 is 1.14. The Kier molecular flexibility index (Phi) is 4.93. The normalized spacial score (nSPS) is 11.1. The van der Waals surface area contributed by atoms with Crippen molar-refractivity contribution in [3.8, 4) is 0 Å². The van der Waals surface area contributed by atoms with E-state index in [2.05, 4.69) is 30.6 Å². The molecular formula is C22H18N6O2S. The summed E-state index contributed by atoms with van der Waals surface area (Å²) in [6.07, 6.45) is 0. The van der Waals surface area contributed by atoms with Gasteiger partial charge in [0.15, 0.2) is 0 Å². The van der Waals surface area contributed by atoms with Crippen LogP contribution in [0.25, 0.3) is 22.1 Å². The summed E-state index contributed by atoms with van der Waals surface area (Å²) < 4.78 is 0. The second-order valence-corrected chi connectivity index (χ2v) is 8.01. The Morgan fingerprint density at radius 2 is 1.16 bits per heavy atom. The average molecular weight is 430 g/mol. The Bertz CT molecular complexity index is 1230. The lowest BCUT2D eigenvalue weighted by Crippen LogP contribution is -2.23. The third kappa shape index (κ3) is 4.03. The Balaban J connectivity index is 1.18. The Morgan fingerprint density at radius 1 is 0.710 bits per heavy atom. The highest BCUT2D eigenvalue weighted by Gasteiger charge is 2.15. The molecule has 5 aromatic rings. The van der Waals surface area contributed by atoms with E-state index in [1.54, 1.807) is 12.1 Å². The highest BCUT2D eigenvalue weighted by atomic mass is 32.1. The number of aromatic amines is 2. The summed E-state index contributed by atoms with van der Waals surface area (Å²) in [5.74, 6) is 0.855. The summed E-state index contributed by atoms with van der Waals surface area (Å²) in [6, 6.07) is 18.7. The second-order valence-electron chi connectivity index (χ2n) is 6.93. The van der Waals surface area contributed by atoms with E-state index < -0.39 is 0 Å². The van der Waals surface area contributed by atoms with Crippen LogP contribution >= 0.6 is 11.3 Å². The fourth-order valence-electron chi connectivity index (χ4n) is 3.26. The lowest BCUT2D eigenvalue weighted by Gasteiger charge is -2.01. The maximum Gasteiger partial charge on any atom is 0.261 e. The SMILES string of the molecule is O=C(NCc1nc2ccccc2[nH]1)c1ccc(C(=O)NCc2nc3ccccc3[nH]2)s1. The number of fused-ring (bicyclic) bond motifs is 2. The van der Waals surface area contributed by atoms with Gasteiger partial charge in [-0.2, -0.15) is 0 Å². The number of aromatic nitrogens is 4. The number of hydrogen-bond acceptors (Lipinski definition) is 5. The van der Waals surface area contributed by atoms with Crippen molar-refractivity contribution in [1.29, 1.82) is 0 Å². The zero-order valence-electron chi connectivity index (χ0n) is 16.3. The predicted molar refractivity (Wildman–Crippen MR) is 119 cm³/mol. The number of carbonyl (C=O) groups excluding carboxylic acids is 2. The molecule has 0 radical (unpaired) electrons. The molecule has 3 aromatic heterocycles. The van der Waals surface area contributed by atoms with E-state index in [0.717, 1.165) is 33.4 Å². The fraction of sp³-hybridized carbons (Fsp3) is 0.0909. The van der Waals surface area contributed by atoms with Gasteiger partial charge in [-0.3, -0.25) is 9.59 Å². The van der Waals surface area contributed by atoms with Crippen LogP contribution in [0.3, 0.4) is 0 Å². The van der Waals surface area contributed by atoms with Crippen LogP contribution in [-0.4, -0.2) is 31.8 Å². The number of hydrogen-bond donors (Lipinski definition) is 4. The van der Waals surface area contributed by atoms with Crippen molar-refractivity contribution in [3.63, 3.8) is 0 Å². The van der Waals surface area contributed by atoms with Crippen LogP contribution in [0.1, 0.15) is 31.0 Å². The lowest BCUT2D eigenvalue weighted by atomic mass is 10.3. The Hall–Kier alpha value is -3.98. The van der Waals surface area contributed by atoms with Crippen LogP contribution in [0.5, 0.6) is 0 Å². The van der Waals surface area contributed by atoms with Crippen LogP contribution in [0.2, 0.25) is 0 Å². The molecule has 0 unspecified atom stereocenters. The molecule has 3 heterocycles. The van der Waals surface area contributed by atoms with Gasteiger partial charge in [0.05, 0.1) is 44.9 Å². The van der Waals surface area contributed by atoms with Gasteiger partial charge < -0.3 is 20.6 Å². The Labute approximate surface area is 180 Å². The molecule has 2 aromatic carbocycles. The van der Waals surface area contributed by atoms with Crippen molar-refractivity contribution < 1.29 is 9.59 Å². The molecule has 5 rings (SSSR count). The average Bonchev–Trinajstić information content (AvgIpc) is 3.53. The second kappa shape index (κ2) is 8.04. The van der Waals surface area contributed by atoms with E-state index in [9.17, 15) is 9.59 Å². The first-order chi connectivity index (χ1) is 15.2. The molecule has 4 N–H and O–H groups in total. The molecule has 0 aliphatic carbocycles. The molecule has 0 fully saturated rings. The quantitative estimate of drug-likeness (QED) is 0.331. The summed E-state index contributed by atoms with van der Waals surface area (Å²) in [6.45, 7) is 0.554. The number of H-pyrrole nitrogens is 2.